The Morgan fingerprint density at radius 1 is 0.237 bits per heavy atom. The Labute approximate surface area is 709 Å². The molecule has 0 aliphatic carbocycles. The van der Waals surface area contributed by atoms with Crippen molar-refractivity contribution in [1.29, 1.82) is 0 Å². The maximum Gasteiger partial charge on any atom is 0.127 e. The Balaban J connectivity index is 0.821. The van der Waals surface area contributed by atoms with Crippen molar-refractivity contribution in [3.63, 3.8) is 0 Å². The van der Waals surface area contributed by atoms with Crippen LogP contribution in [0.2, 0.25) is 0 Å². The summed E-state index contributed by atoms with van der Waals surface area (Å²) in [5.41, 5.74) is 13.9. The molecule has 0 radical (unpaired) electrons. The van der Waals surface area contributed by atoms with E-state index >= 15 is 0 Å². The van der Waals surface area contributed by atoms with Gasteiger partial charge in [0.2, 0.25) is 0 Å². The van der Waals surface area contributed by atoms with E-state index in [0.717, 1.165) is 85.1 Å². The topological polar surface area (TPSA) is 155 Å². The van der Waals surface area contributed by atoms with Crippen molar-refractivity contribution in [3.8, 4) is 23.0 Å². The van der Waals surface area contributed by atoms with Gasteiger partial charge >= 0.3 is 0 Å². The third kappa shape index (κ3) is 31.5. The lowest BCUT2D eigenvalue weighted by Crippen LogP contribution is -2.33. The number of aliphatic hydroxyl groups is 4. The van der Waals surface area contributed by atoms with Gasteiger partial charge in [-0.3, -0.25) is 0 Å². The number of ether oxygens (including phenoxy) is 8. The fraction of sp³-hybridized carbons (Fsp3) is 0.491. The molecule has 12 heteroatoms. The third-order valence-electron chi connectivity index (χ3n) is 23.8. The van der Waals surface area contributed by atoms with Gasteiger partial charge in [-0.2, -0.15) is 0 Å². The highest BCUT2D eigenvalue weighted by Gasteiger charge is 2.29. The van der Waals surface area contributed by atoms with Crippen LogP contribution in [0.5, 0.6) is 23.0 Å². The molecule has 0 aromatic heterocycles. The maximum absolute atomic E-state index is 12.0. The van der Waals surface area contributed by atoms with Crippen molar-refractivity contribution in [3.05, 3.63) is 297 Å². The summed E-state index contributed by atoms with van der Waals surface area (Å²) in [6.07, 6.45) is 21.6. The normalized spacial score (nSPS) is 14.7. The summed E-state index contributed by atoms with van der Waals surface area (Å²) in [6, 6.07) is 80.1. The Morgan fingerprint density at radius 3 is 0.763 bits per heavy atom. The molecule has 9 aromatic carbocycles. The highest BCUT2D eigenvalue weighted by Crippen LogP contribution is 2.45. The van der Waals surface area contributed by atoms with Gasteiger partial charge in [-0.1, -0.05) is 396 Å². The molecule has 0 aliphatic heterocycles. The van der Waals surface area contributed by atoms with Crippen molar-refractivity contribution in [2.45, 2.75) is 269 Å². The molecule has 0 aliphatic rings. The van der Waals surface area contributed by atoms with Gasteiger partial charge < -0.3 is 58.3 Å². The van der Waals surface area contributed by atoms with Crippen LogP contribution in [-0.2, 0) is 18.9 Å². The van der Waals surface area contributed by atoms with E-state index in [1.807, 2.05) is 18.2 Å². The van der Waals surface area contributed by atoms with Crippen LogP contribution in [0.4, 0.5) is 0 Å². The van der Waals surface area contributed by atoms with Crippen molar-refractivity contribution >= 4 is 0 Å². The summed E-state index contributed by atoms with van der Waals surface area (Å²) in [7, 11) is 0. The van der Waals surface area contributed by atoms with Gasteiger partial charge in [-0.15, -0.1) is 0 Å². The fourth-order valence-electron chi connectivity index (χ4n) is 16.0. The molecule has 0 bridgehead atoms. The molecule has 12 atom stereocenters. The van der Waals surface area contributed by atoms with Crippen molar-refractivity contribution in [2.75, 3.05) is 66.1 Å². The van der Waals surface area contributed by atoms with Crippen LogP contribution in [0, 0.1) is 0 Å². The second kappa shape index (κ2) is 53.5. The molecule has 4 N–H and O–H groups in total. The number of hydrogen-bond acceptors (Lipinski definition) is 12. The van der Waals surface area contributed by atoms with Gasteiger partial charge in [-0.25, -0.2) is 0 Å². The van der Waals surface area contributed by atoms with Crippen molar-refractivity contribution in [2.24, 2.45) is 0 Å². The molecule has 9 aromatic rings. The minimum absolute atomic E-state index is 0.0126. The van der Waals surface area contributed by atoms with Gasteiger partial charge in [-0.05, 0) is 69.5 Å². The molecule has 9 rings (SSSR count). The highest BCUT2D eigenvalue weighted by molar-refractivity contribution is 5.56. The molecule has 12 nitrogen and oxygen atoms in total. The zero-order valence-electron chi connectivity index (χ0n) is 72.5. The van der Waals surface area contributed by atoms with E-state index in [4.69, 9.17) is 37.9 Å². The Morgan fingerprint density at radius 2 is 0.492 bits per heavy atom. The van der Waals surface area contributed by atoms with Crippen LogP contribution >= 0.6 is 0 Å². The first kappa shape index (κ1) is 93.7. The number of hydrogen-bond donors (Lipinski definition) is 4. The zero-order chi connectivity index (χ0) is 83.3. The highest BCUT2D eigenvalue weighted by atomic mass is 16.6. The van der Waals surface area contributed by atoms with E-state index in [9.17, 15) is 20.4 Å². The minimum atomic E-state index is -0.954. The first-order valence-corrected chi connectivity index (χ1v) is 45.1. The van der Waals surface area contributed by atoms with E-state index in [0.29, 0.717) is 11.5 Å². The smallest absolute Gasteiger partial charge is 0.127 e. The molecule has 0 amide bonds. The monoisotopic (exact) mass is 1610 g/mol. The number of aliphatic hydroxyl groups excluding tert-OH is 4. The molecular formula is C106H142O12. The molecular weight excluding hydrogens is 1470 g/mol. The number of unbranched alkanes of at least 4 members (excludes halogenated alkanes) is 18. The van der Waals surface area contributed by atoms with E-state index in [1.54, 1.807) is 6.07 Å². The summed E-state index contributed by atoms with van der Waals surface area (Å²) in [5.74, 6) is 2.80. The average Bonchev–Trinajstić information content (AvgIpc) is 0.779. The Kier molecular flexibility index (Phi) is 42.5. The SMILES string of the molecule is CCCCCCCCCCCCC(COC(CO)COc1cccc(OCC(CO)OCC(CCCCCCCCCCCC)OCC(O)COc2c(C(C)c3ccccc3)cc(C(C)c3ccccc3)cc2C(C)c2ccccc2)c1)OCC(O)COc1c(C(C)c2ccccc2)cc(C(C)c2ccccc2)cc1C(C)c1ccccc1. The molecule has 0 saturated carbocycles. The standard InChI is InChI=1S/C106H142O12/c1-9-11-13-15-17-19-21-23-25-45-60-97(111-71-93(109)73-117-105-101(81(5)87-52-37-29-38-53-87)64-91(79(3)85-48-33-27-34-49-85)65-102(105)82(6)88-54-39-30-40-55-88)75-115-99(69-107)77-113-95-62-47-63-96(68-95)114-78-100(70-108)116-76-98(61-46-26-24-22-20-18-16-14-12-10-2)112-72-94(110)74-118-106-103(83(7)89-56-41-31-42-57-89)66-92(80(4)86-50-35-28-36-51-86)67-104(106)84(8)90-58-43-32-44-59-90/h27-44,47-59,62-68,79-84,93-94,97-100,107-110H,9-26,45-46,60-61,69-78H2,1-8H3. The lowest BCUT2D eigenvalue weighted by molar-refractivity contribution is -0.0905. The molecule has 118 heavy (non-hydrogen) atoms. The predicted octanol–water partition coefficient (Wildman–Crippen LogP) is 24.4. The molecule has 0 fully saturated rings. The van der Waals surface area contributed by atoms with Crippen LogP contribution in [0.15, 0.2) is 231 Å². The molecule has 0 saturated heterocycles. The number of benzene rings is 9. The van der Waals surface area contributed by atoms with Gasteiger partial charge in [0.15, 0.2) is 0 Å². The largest absolute Gasteiger partial charge is 0.491 e. The van der Waals surface area contributed by atoms with Gasteiger partial charge in [0, 0.05) is 63.8 Å². The lowest BCUT2D eigenvalue weighted by Gasteiger charge is -2.27. The van der Waals surface area contributed by atoms with Crippen LogP contribution in [0.3, 0.4) is 0 Å². The average molecular weight is 1610 g/mol. The quantitative estimate of drug-likeness (QED) is 0.0268. The van der Waals surface area contributed by atoms with Crippen LogP contribution in [0.1, 0.15) is 299 Å². The maximum atomic E-state index is 12.0. The van der Waals surface area contributed by atoms with Gasteiger partial charge in [0.25, 0.3) is 0 Å². The molecule has 12 unspecified atom stereocenters. The second-order valence-corrected chi connectivity index (χ2v) is 33.0. The van der Waals surface area contributed by atoms with Crippen LogP contribution in [0.25, 0.3) is 0 Å². The van der Waals surface area contributed by atoms with E-state index in [-0.39, 0.29) is 114 Å². The number of rotatable bonds is 60. The molecule has 0 heterocycles. The summed E-state index contributed by atoms with van der Waals surface area (Å²) >= 11 is 0. The first-order valence-electron chi connectivity index (χ1n) is 45.1. The van der Waals surface area contributed by atoms with Gasteiger partial charge in [0.05, 0.1) is 51.8 Å². The Hall–Kier alpha value is -8.14. The fourth-order valence-corrected chi connectivity index (χ4v) is 16.0. The molecule has 0 spiro atoms. The van der Waals surface area contributed by atoms with E-state index in [1.165, 1.54) is 134 Å². The van der Waals surface area contributed by atoms with Crippen molar-refractivity contribution in [1.82, 2.24) is 0 Å². The second-order valence-electron chi connectivity index (χ2n) is 33.0. The summed E-state index contributed by atoms with van der Waals surface area (Å²) in [4.78, 5) is 0. The minimum Gasteiger partial charge on any atom is -0.491 e. The van der Waals surface area contributed by atoms with Crippen molar-refractivity contribution < 1.29 is 58.3 Å². The third-order valence-corrected chi connectivity index (χ3v) is 23.8. The first-order chi connectivity index (χ1) is 57.7. The van der Waals surface area contributed by atoms with E-state index in [2.05, 4.69) is 262 Å². The van der Waals surface area contributed by atoms with Gasteiger partial charge in [0.1, 0.15) is 73.8 Å². The zero-order valence-corrected chi connectivity index (χ0v) is 72.5. The van der Waals surface area contributed by atoms with Crippen LogP contribution in [-0.4, -0.2) is 123 Å². The Bertz CT molecular complexity index is 3710. The summed E-state index contributed by atoms with van der Waals surface area (Å²) in [5, 5.41) is 45.5. The van der Waals surface area contributed by atoms with E-state index < -0.39 is 24.4 Å². The summed E-state index contributed by atoms with van der Waals surface area (Å²) < 4.78 is 52.7. The molecule has 638 valence electrons. The predicted molar refractivity (Wildman–Crippen MR) is 483 cm³/mol. The summed E-state index contributed by atoms with van der Waals surface area (Å²) in [6.45, 7) is 18.1. The lowest BCUT2D eigenvalue weighted by atomic mass is 9.81. The van der Waals surface area contributed by atoms with Crippen LogP contribution < -0.4 is 18.9 Å².